The fourth-order valence-electron chi connectivity index (χ4n) is 3.59. The van der Waals surface area contributed by atoms with E-state index in [1.54, 1.807) is 11.3 Å². The SMILES string of the molecule is CCC(CC)C(=O)Nc1cc(-c2cccs2)nn1-c1nc2c(c(=O)[nH]1)CCC2. The highest BCUT2D eigenvalue weighted by molar-refractivity contribution is 7.13. The number of amides is 1. The molecule has 7 nitrogen and oxygen atoms in total. The van der Waals surface area contributed by atoms with Gasteiger partial charge in [-0.2, -0.15) is 9.78 Å². The molecule has 0 atom stereocenters. The number of aromatic amines is 1. The zero-order valence-electron chi connectivity index (χ0n) is 16.0. The Morgan fingerprint density at radius 3 is 2.89 bits per heavy atom. The molecule has 8 heteroatoms. The van der Waals surface area contributed by atoms with E-state index in [0.717, 1.165) is 53.9 Å². The Labute approximate surface area is 166 Å². The predicted octanol–water partition coefficient (Wildman–Crippen LogP) is 3.55. The molecule has 0 radical (unpaired) electrons. The van der Waals surface area contributed by atoms with Crippen LogP contribution in [0.5, 0.6) is 0 Å². The molecule has 4 rings (SSSR count). The van der Waals surface area contributed by atoms with E-state index in [1.165, 1.54) is 4.68 Å². The van der Waals surface area contributed by atoms with Crippen molar-refractivity contribution in [1.29, 1.82) is 0 Å². The van der Waals surface area contributed by atoms with E-state index in [-0.39, 0.29) is 17.4 Å². The number of aromatic nitrogens is 4. The standard InChI is InChI=1S/C20H23N5O2S/c1-3-12(4-2)18(26)22-17-11-15(16-9-6-10-28-16)24-25(17)20-21-14-8-5-7-13(14)19(27)23-20/h6,9-12H,3-5,7-8H2,1-2H3,(H,22,26)(H,21,23,27). The van der Waals surface area contributed by atoms with Crippen molar-refractivity contribution in [1.82, 2.24) is 19.7 Å². The summed E-state index contributed by atoms with van der Waals surface area (Å²) in [4.78, 5) is 33.6. The molecule has 0 fully saturated rings. The number of nitrogens with zero attached hydrogens (tertiary/aromatic N) is 3. The Balaban J connectivity index is 1.78. The molecule has 0 unspecified atom stereocenters. The molecule has 0 aliphatic heterocycles. The van der Waals surface area contributed by atoms with Gasteiger partial charge in [-0.3, -0.25) is 14.6 Å². The Hall–Kier alpha value is -2.74. The molecular formula is C20H23N5O2S. The number of H-pyrrole nitrogens is 1. The van der Waals surface area contributed by atoms with Gasteiger partial charge < -0.3 is 5.32 Å². The fourth-order valence-corrected chi connectivity index (χ4v) is 4.27. The molecule has 3 aromatic heterocycles. The molecule has 0 spiro atoms. The van der Waals surface area contributed by atoms with E-state index in [9.17, 15) is 9.59 Å². The summed E-state index contributed by atoms with van der Waals surface area (Å²) in [6.07, 6.45) is 4.02. The monoisotopic (exact) mass is 397 g/mol. The summed E-state index contributed by atoms with van der Waals surface area (Å²) in [5.74, 6) is 0.739. The zero-order chi connectivity index (χ0) is 19.7. The molecule has 146 valence electrons. The molecule has 1 aliphatic carbocycles. The molecule has 0 bridgehead atoms. The first kappa shape index (κ1) is 18.6. The summed E-state index contributed by atoms with van der Waals surface area (Å²) in [6.45, 7) is 4.00. The number of rotatable bonds is 6. The molecule has 3 aromatic rings. The summed E-state index contributed by atoms with van der Waals surface area (Å²) in [5, 5.41) is 9.60. The van der Waals surface area contributed by atoms with Crippen LogP contribution in [-0.4, -0.2) is 25.7 Å². The summed E-state index contributed by atoms with van der Waals surface area (Å²) < 4.78 is 1.54. The van der Waals surface area contributed by atoms with Gasteiger partial charge in [0.15, 0.2) is 0 Å². The number of carbonyl (C=O) groups excluding carboxylic acids is 1. The Morgan fingerprint density at radius 1 is 1.36 bits per heavy atom. The third-order valence-corrected chi connectivity index (χ3v) is 6.11. The molecule has 0 saturated carbocycles. The zero-order valence-corrected chi connectivity index (χ0v) is 16.8. The average Bonchev–Trinajstić information content (AvgIpc) is 3.43. The van der Waals surface area contributed by atoms with Gasteiger partial charge in [0.25, 0.3) is 5.56 Å². The van der Waals surface area contributed by atoms with Crippen molar-refractivity contribution in [3.8, 4) is 16.5 Å². The first-order chi connectivity index (χ1) is 13.6. The third kappa shape index (κ3) is 3.40. The third-order valence-electron chi connectivity index (χ3n) is 5.22. The van der Waals surface area contributed by atoms with Crippen molar-refractivity contribution < 1.29 is 4.79 Å². The van der Waals surface area contributed by atoms with Crippen LogP contribution in [-0.2, 0) is 17.6 Å². The Kier molecular flexibility index (Phi) is 5.13. The van der Waals surface area contributed by atoms with Crippen LogP contribution in [0, 0.1) is 5.92 Å². The van der Waals surface area contributed by atoms with Gasteiger partial charge in [0.2, 0.25) is 11.9 Å². The second kappa shape index (κ2) is 7.71. The topological polar surface area (TPSA) is 92.7 Å². The van der Waals surface area contributed by atoms with Crippen molar-refractivity contribution in [2.45, 2.75) is 46.0 Å². The molecule has 0 aromatic carbocycles. The maximum atomic E-state index is 12.7. The maximum Gasteiger partial charge on any atom is 0.255 e. The lowest BCUT2D eigenvalue weighted by atomic mass is 10.0. The Morgan fingerprint density at radius 2 is 2.18 bits per heavy atom. The number of fused-ring (bicyclic) bond motifs is 1. The van der Waals surface area contributed by atoms with E-state index < -0.39 is 0 Å². The lowest BCUT2D eigenvalue weighted by molar-refractivity contribution is -0.120. The van der Waals surface area contributed by atoms with Crippen LogP contribution in [0.15, 0.2) is 28.4 Å². The lowest BCUT2D eigenvalue weighted by Crippen LogP contribution is -2.24. The van der Waals surface area contributed by atoms with Crippen molar-refractivity contribution in [3.63, 3.8) is 0 Å². The van der Waals surface area contributed by atoms with E-state index in [4.69, 9.17) is 0 Å². The number of hydrogen-bond acceptors (Lipinski definition) is 5. The van der Waals surface area contributed by atoms with Crippen molar-refractivity contribution >= 4 is 23.1 Å². The van der Waals surface area contributed by atoms with Crippen LogP contribution in [0.3, 0.4) is 0 Å². The molecule has 1 aliphatic rings. The lowest BCUT2D eigenvalue weighted by Gasteiger charge is -2.13. The Bertz CT molecular complexity index is 1050. The summed E-state index contributed by atoms with van der Waals surface area (Å²) >= 11 is 1.57. The number of nitrogens with one attached hydrogen (secondary N) is 2. The van der Waals surface area contributed by atoms with E-state index in [2.05, 4.69) is 20.4 Å². The van der Waals surface area contributed by atoms with Crippen LogP contribution in [0.2, 0.25) is 0 Å². The van der Waals surface area contributed by atoms with Crippen LogP contribution in [0.25, 0.3) is 16.5 Å². The molecule has 3 heterocycles. The minimum Gasteiger partial charge on any atom is -0.310 e. The van der Waals surface area contributed by atoms with Gasteiger partial charge in [0, 0.05) is 17.5 Å². The second-order valence-corrected chi connectivity index (χ2v) is 7.92. The highest BCUT2D eigenvalue weighted by Gasteiger charge is 2.22. The van der Waals surface area contributed by atoms with E-state index >= 15 is 0 Å². The van der Waals surface area contributed by atoms with Crippen LogP contribution in [0.1, 0.15) is 44.4 Å². The largest absolute Gasteiger partial charge is 0.310 e. The number of carbonyl (C=O) groups is 1. The normalized spacial score (nSPS) is 13.1. The van der Waals surface area contributed by atoms with Crippen molar-refractivity contribution in [3.05, 3.63) is 45.2 Å². The molecule has 0 saturated heterocycles. The summed E-state index contributed by atoms with van der Waals surface area (Å²) in [6, 6.07) is 5.76. The maximum absolute atomic E-state index is 12.7. The van der Waals surface area contributed by atoms with E-state index in [1.807, 2.05) is 37.4 Å². The molecule has 28 heavy (non-hydrogen) atoms. The summed E-state index contributed by atoms with van der Waals surface area (Å²) in [5.41, 5.74) is 2.20. The van der Waals surface area contributed by atoms with Gasteiger partial charge in [-0.05, 0) is 43.6 Å². The van der Waals surface area contributed by atoms with E-state index in [0.29, 0.717) is 11.8 Å². The second-order valence-electron chi connectivity index (χ2n) is 6.97. The highest BCUT2D eigenvalue weighted by Crippen LogP contribution is 2.28. The van der Waals surface area contributed by atoms with Crippen molar-refractivity contribution in [2.75, 3.05) is 5.32 Å². The number of hydrogen-bond donors (Lipinski definition) is 2. The minimum atomic E-state index is -0.122. The minimum absolute atomic E-state index is 0.0487. The first-order valence-corrected chi connectivity index (χ1v) is 10.6. The van der Waals surface area contributed by atoms with Gasteiger partial charge >= 0.3 is 0 Å². The van der Waals surface area contributed by atoms with Crippen LogP contribution < -0.4 is 10.9 Å². The number of aryl methyl sites for hydroxylation is 1. The van der Waals surface area contributed by atoms with Gasteiger partial charge in [0.1, 0.15) is 11.5 Å². The van der Waals surface area contributed by atoms with Gasteiger partial charge in [-0.15, -0.1) is 11.3 Å². The molecular weight excluding hydrogens is 374 g/mol. The fraction of sp³-hybridized carbons (Fsp3) is 0.400. The van der Waals surface area contributed by atoms with Gasteiger partial charge in [0.05, 0.1) is 10.6 Å². The van der Waals surface area contributed by atoms with Crippen LogP contribution in [0.4, 0.5) is 5.82 Å². The smallest absolute Gasteiger partial charge is 0.255 e. The number of thiophene rings is 1. The predicted molar refractivity (Wildman–Crippen MR) is 110 cm³/mol. The summed E-state index contributed by atoms with van der Waals surface area (Å²) in [7, 11) is 0. The molecule has 2 N–H and O–H groups in total. The number of anilines is 1. The van der Waals surface area contributed by atoms with Crippen molar-refractivity contribution in [2.24, 2.45) is 5.92 Å². The first-order valence-electron chi connectivity index (χ1n) is 9.68. The van der Waals surface area contributed by atoms with Gasteiger partial charge in [-0.25, -0.2) is 4.98 Å². The quantitative estimate of drug-likeness (QED) is 0.665. The van der Waals surface area contributed by atoms with Gasteiger partial charge in [-0.1, -0.05) is 19.9 Å². The highest BCUT2D eigenvalue weighted by atomic mass is 32.1. The molecule has 1 amide bonds. The van der Waals surface area contributed by atoms with Crippen LogP contribution >= 0.6 is 11.3 Å². The average molecular weight is 398 g/mol.